The zero-order valence-corrected chi connectivity index (χ0v) is 12.1. The van der Waals surface area contributed by atoms with Crippen LogP contribution in [0.4, 0.5) is 0 Å². The summed E-state index contributed by atoms with van der Waals surface area (Å²) in [4.78, 5) is 2.56. The number of hydrogen-bond donors (Lipinski definition) is 1. The van der Waals surface area contributed by atoms with Crippen LogP contribution in [0.25, 0.3) is 0 Å². The molecule has 0 amide bonds. The molecule has 0 spiro atoms. The topological polar surface area (TPSA) is 15.3 Å². The van der Waals surface area contributed by atoms with Crippen LogP contribution in [-0.4, -0.2) is 49.1 Å². The molecule has 1 rings (SSSR count). The van der Waals surface area contributed by atoms with Gasteiger partial charge >= 0.3 is 0 Å². The highest BCUT2D eigenvalue weighted by atomic mass is 32.2. The lowest BCUT2D eigenvalue weighted by Crippen LogP contribution is -2.38. The molecule has 0 bridgehead atoms. The molecule has 0 aliphatic carbocycles. The lowest BCUT2D eigenvalue weighted by atomic mass is 10.1. The van der Waals surface area contributed by atoms with Gasteiger partial charge in [0.1, 0.15) is 0 Å². The molecule has 0 aromatic rings. The maximum Gasteiger partial charge on any atom is 0.0191 e. The Hall–Kier alpha value is 0.270. The van der Waals surface area contributed by atoms with Gasteiger partial charge in [-0.05, 0) is 44.1 Å². The molecule has 0 radical (unpaired) electrons. The van der Waals surface area contributed by atoms with Crippen LogP contribution in [0.2, 0.25) is 0 Å². The van der Waals surface area contributed by atoms with Crippen molar-refractivity contribution < 1.29 is 0 Å². The second-order valence-electron chi connectivity index (χ2n) is 5.61. The van der Waals surface area contributed by atoms with Gasteiger partial charge in [-0.1, -0.05) is 20.8 Å². The van der Waals surface area contributed by atoms with Crippen LogP contribution in [0.1, 0.15) is 27.2 Å². The smallest absolute Gasteiger partial charge is 0.0191 e. The van der Waals surface area contributed by atoms with Crippen molar-refractivity contribution in [3.8, 4) is 0 Å². The van der Waals surface area contributed by atoms with E-state index in [0.29, 0.717) is 0 Å². The van der Waals surface area contributed by atoms with Crippen molar-refractivity contribution in [2.24, 2.45) is 11.8 Å². The zero-order chi connectivity index (χ0) is 12.0. The lowest BCUT2D eigenvalue weighted by Gasteiger charge is -2.27. The molecule has 1 heterocycles. The van der Waals surface area contributed by atoms with Gasteiger partial charge in [-0.25, -0.2) is 0 Å². The summed E-state index contributed by atoms with van der Waals surface area (Å²) < 4.78 is 0. The third-order valence-electron chi connectivity index (χ3n) is 3.17. The Balaban J connectivity index is 2.10. The number of nitrogens with zero attached hydrogens (tertiary/aromatic N) is 1. The Morgan fingerprint density at radius 1 is 1.31 bits per heavy atom. The van der Waals surface area contributed by atoms with Gasteiger partial charge in [-0.3, -0.25) is 0 Å². The molecule has 16 heavy (non-hydrogen) atoms. The van der Waals surface area contributed by atoms with Crippen molar-refractivity contribution in [1.29, 1.82) is 0 Å². The zero-order valence-electron chi connectivity index (χ0n) is 11.3. The fourth-order valence-electron chi connectivity index (χ4n) is 2.19. The van der Waals surface area contributed by atoms with Gasteiger partial charge in [0.25, 0.3) is 0 Å². The summed E-state index contributed by atoms with van der Waals surface area (Å²) in [7, 11) is 2.29. The van der Waals surface area contributed by atoms with E-state index in [0.717, 1.165) is 31.0 Å². The van der Waals surface area contributed by atoms with Crippen LogP contribution in [0.3, 0.4) is 0 Å². The SMILES string of the molecule is CC(C)CNCC(C)CN(C)C1CCSC1. The van der Waals surface area contributed by atoms with Crippen molar-refractivity contribution in [2.45, 2.75) is 33.2 Å². The van der Waals surface area contributed by atoms with Crippen molar-refractivity contribution >= 4 is 11.8 Å². The maximum absolute atomic E-state index is 3.55. The fraction of sp³-hybridized carbons (Fsp3) is 1.00. The van der Waals surface area contributed by atoms with E-state index in [1.165, 1.54) is 24.5 Å². The number of rotatable bonds is 7. The molecular formula is C13H28N2S. The Kier molecular flexibility index (Phi) is 6.78. The minimum absolute atomic E-state index is 0.759. The van der Waals surface area contributed by atoms with Crippen LogP contribution in [0, 0.1) is 11.8 Å². The summed E-state index contributed by atoms with van der Waals surface area (Å²) in [6, 6.07) is 0.831. The fourth-order valence-corrected chi connectivity index (χ4v) is 3.49. The predicted molar refractivity (Wildman–Crippen MR) is 75.2 cm³/mol. The van der Waals surface area contributed by atoms with E-state index >= 15 is 0 Å². The summed E-state index contributed by atoms with van der Waals surface area (Å²) in [6.45, 7) is 10.4. The summed E-state index contributed by atoms with van der Waals surface area (Å²) in [5, 5.41) is 3.55. The van der Waals surface area contributed by atoms with E-state index in [1.54, 1.807) is 0 Å². The van der Waals surface area contributed by atoms with Crippen LogP contribution in [-0.2, 0) is 0 Å². The highest BCUT2D eigenvalue weighted by Crippen LogP contribution is 2.21. The molecule has 1 fully saturated rings. The Morgan fingerprint density at radius 3 is 2.62 bits per heavy atom. The van der Waals surface area contributed by atoms with Crippen LogP contribution < -0.4 is 5.32 Å². The first-order chi connectivity index (χ1) is 7.59. The van der Waals surface area contributed by atoms with Crippen molar-refractivity contribution in [3.05, 3.63) is 0 Å². The minimum atomic E-state index is 0.759. The molecule has 1 aliphatic heterocycles. The quantitative estimate of drug-likeness (QED) is 0.740. The van der Waals surface area contributed by atoms with E-state index in [4.69, 9.17) is 0 Å². The predicted octanol–water partition coefficient (Wildman–Crippen LogP) is 2.31. The van der Waals surface area contributed by atoms with Crippen LogP contribution in [0.15, 0.2) is 0 Å². The molecule has 96 valence electrons. The molecule has 0 aromatic heterocycles. The summed E-state index contributed by atoms with van der Waals surface area (Å²) in [6.07, 6.45) is 1.38. The Morgan fingerprint density at radius 2 is 2.06 bits per heavy atom. The normalized spacial score (nSPS) is 23.2. The monoisotopic (exact) mass is 244 g/mol. The van der Waals surface area contributed by atoms with Gasteiger partial charge in [0.2, 0.25) is 0 Å². The van der Waals surface area contributed by atoms with Crippen molar-refractivity contribution in [1.82, 2.24) is 10.2 Å². The van der Waals surface area contributed by atoms with Gasteiger partial charge in [-0.15, -0.1) is 0 Å². The van der Waals surface area contributed by atoms with E-state index in [1.807, 2.05) is 0 Å². The van der Waals surface area contributed by atoms with Gasteiger partial charge in [0.05, 0.1) is 0 Å². The van der Waals surface area contributed by atoms with E-state index in [-0.39, 0.29) is 0 Å². The average Bonchev–Trinajstić information content (AvgIpc) is 2.69. The maximum atomic E-state index is 3.55. The summed E-state index contributed by atoms with van der Waals surface area (Å²) in [5.74, 6) is 4.21. The first-order valence-corrected chi connectivity index (χ1v) is 7.73. The summed E-state index contributed by atoms with van der Waals surface area (Å²) >= 11 is 2.10. The first kappa shape index (κ1) is 14.3. The minimum Gasteiger partial charge on any atom is -0.316 e. The van der Waals surface area contributed by atoms with Crippen molar-refractivity contribution in [3.63, 3.8) is 0 Å². The van der Waals surface area contributed by atoms with Gasteiger partial charge < -0.3 is 10.2 Å². The standard InChI is InChI=1S/C13H28N2S/c1-11(2)7-14-8-12(3)9-15(4)13-5-6-16-10-13/h11-14H,5-10H2,1-4H3. The second kappa shape index (κ2) is 7.57. The van der Waals surface area contributed by atoms with Crippen molar-refractivity contribution in [2.75, 3.05) is 38.2 Å². The molecule has 2 nitrogen and oxygen atoms in total. The number of nitrogens with one attached hydrogen (secondary N) is 1. The largest absolute Gasteiger partial charge is 0.316 e. The second-order valence-corrected chi connectivity index (χ2v) is 6.76. The molecule has 0 saturated carbocycles. The van der Waals surface area contributed by atoms with Gasteiger partial charge in [-0.2, -0.15) is 11.8 Å². The molecular weight excluding hydrogens is 216 g/mol. The molecule has 3 heteroatoms. The van der Waals surface area contributed by atoms with Gasteiger partial charge in [0, 0.05) is 18.3 Å². The third-order valence-corrected chi connectivity index (χ3v) is 4.32. The summed E-state index contributed by atoms with van der Waals surface area (Å²) in [5.41, 5.74) is 0. The van der Waals surface area contributed by atoms with E-state index in [9.17, 15) is 0 Å². The van der Waals surface area contributed by atoms with Crippen LogP contribution in [0.5, 0.6) is 0 Å². The third kappa shape index (κ3) is 5.55. The first-order valence-electron chi connectivity index (χ1n) is 6.58. The highest BCUT2D eigenvalue weighted by Gasteiger charge is 2.20. The molecule has 2 unspecified atom stereocenters. The van der Waals surface area contributed by atoms with Gasteiger partial charge in [0.15, 0.2) is 0 Å². The highest BCUT2D eigenvalue weighted by molar-refractivity contribution is 7.99. The van der Waals surface area contributed by atoms with E-state index in [2.05, 4.69) is 49.8 Å². The Bertz CT molecular complexity index is 179. The van der Waals surface area contributed by atoms with E-state index < -0.39 is 0 Å². The average molecular weight is 244 g/mol. The van der Waals surface area contributed by atoms with Crippen LogP contribution >= 0.6 is 11.8 Å². The molecule has 0 aromatic carbocycles. The number of hydrogen-bond acceptors (Lipinski definition) is 3. The number of thioether (sulfide) groups is 1. The molecule has 1 N–H and O–H groups in total. The lowest BCUT2D eigenvalue weighted by molar-refractivity contribution is 0.225. The molecule has 1 aliphatic rings. The molecule has 1 saturated heterocycles. The Labute approximate surface area is 106 Å². The molecule has 2 atom stereocenters.